The van der Waals surface area contributed by atoms with Crippen molar-refractivity contribution < 1.29 is 4.79 Å². The van der Waals surface area contributed by atoms with E-state index in [0.717, 1.165) is 19.8 Å². The fourth-order valence-electron chi connectivity index (χ4n) is 1.51. The number of aromatic nitrogens is 1. The molecule has 0 spiro atoms. The Bertz CT molecular complexity index is 582. The number of rotatable bonds is 5. The number of halogens is 1. The number of hydrogen-bond donors (Lipinski definition) is 2. The van der Waals surface area contributed by atoms with E-state index in [0.29, 0.717) is 12.5 Å². The molecule has 0 aliphatic heterocycles. The maximum absolute atomic E-state index is 11.6. The lowest BCUT2D eigenvalue weighted by Crippen LogP contribution is -2.32. The lowest BCUT2D eigenvalue weighted by molar-refractivity contribution is -0.119. The van der Waals surface area contributed by atoms with Crippen LogP contribution < -0.4 is 10.6 Å². The van der Waals surface area contributed by atoms with Gasteiger partial charge in [-0.2, -0.15) is 0 Å². The van der Waals surface area contributed by atoms with E-state index in [9.17, 15) is 4.79 Å². The minimum Gasteiger partial charge on any atom is -0.354 e. The highest BCUT2D eigenvalue weighted by molar-refractivity contribution is 9.10. The third-order valence-corrected chi connectivity index (χ3v) is 3.93. The van der Waals surface area contributed by atoms with Crippen LogP contribution in [0.5, 0.6) is 0 Å². The number of nitrogens with one attached hydrogen (secondary N) is 2. The summed E-state index contributed by atoms with van der Waals surface area (Å²) in [6, 6.07) is 5.94. The number of nitrogens with zero attached hydrogens (tertiary/aromatic N) is 1. The van der Waals surface area contributed by atoms with Crippen molar-refractivity contribution in [3.05, 3.63) is 22.7 Å². The fourth-order valence-corrected chi connectivity index (χ4v) is 2.92. The van der Waals surface area contributed by atoms with Crippen molar-refractivity contribution in [3.63, 3.8) is 0 Å². The Morgan fingerprint density at radius 3 is 3.00 bits per heavy atom. The van der Waals surface area contributed by atoms with Crippen LogP contribution in [0.15, 0.2) is 22.7 Å². The topological polar surface area (TPSA) is 54.0 Å². The molecular formula is C13H16BrN3OS. The average Bonchev–Trinajstić information content (AvgIpc) is 2.75. The third-order valence-electron chi connectivity index (χ3n) is 2.46. The smallest absolute Gasteiger partial charge is 0.239 e. The van der Waals surface area contributed by atoms with E-state index >= 15 is 0 Å². The van der Waals surface area contributed by atoms with Gasteiger partial charge >= 0.3 is 0 Å². The van der Waals surface area contributed by atoms with Crippen molar-refractivity contribution >= 4 is 48.5 Å². The maximum Gasteiger partial charge on any atom is 0.239 e. The highest BCUT2D eigenvalue weighted by Gasteiger charge is 2.06. The van der Waals surface area contributed by atoms with Crippen molar-refractivity contribution in [1.82, 2.24) is 10.3 Å². The molecule has 0 bridgehead atoms. The molecule has 1 heterocycles. The van der Waals surface area contributed by atoms with Gasteiger partial charge in [0.15, 0.2) is 5.13 Å². The molecular weight excluding hydrogens is 326 g/mol. The Morgan fingerprint density at radius 2 is 2.26 bits per heavy atom. The Labute approximate surface area is 124 Å². The van der Waals surface area contributed by atoms with E-state index in [2.05, 4.69) is 45.4 Å². The van der Waals surface area contributed by atoms with Gasteiger partial charge in [-0.3, -0.25) is 4.79 Å². The quantitative estimate of drug-likeness (QED) is 0.877. The highest BCUT2D eigenvalue weighted by Crippen LogP contribution is 2.28. The number of benzene rings is 1. The van der Waals surface area contributed by atoms with E-state index < -0.39 is 0 Å². The van der Waals surface area contributed by atoms with Crippen LogP contribution >= 0.6 is 27.3 Å². The van der Waals surface area contributed by atoms with E-state index in [1.807, 2.05) is 18.2 Å². The predicted molar refractivity (Wildman–Crippen MR) is 83.7 cm³/mol. The second-order valence-electron chi connectivity index (χ2n) is 4.68. The van der Waals surface area contributed by atoms with Crippen LogP contribution in [0.25, 0.3) is 10.2 Å². The normalized spacial score (nSPS) is 10.9. The lowest BCUT2D eigenvalue weighted by atomic mass is 10.2. The summed E-state index contributed by atoms with van der Waals surface area (Å²) < 4.78 is 2.13. The zero-order valence-electron chi connectivity index (χ0n) is 10.9. The number of anilines is 1. The van der Waals surface area contributed by atoms with Gasteiger partial charge < -0.3 is 10.6 Å². The van der Waals surface area contributed by atoms with Gasteiger partial charge in [0.1, 0.15) is 0 Å². The van der Waals surface area contributed by atoms with Crippen molar-refractivity contribution in [3.8, 4) is 0 Å². The number of thiazole rings is 1. The van der Waals surface area contributed by atoms with Gasteiger partial charge in [-0.05, 0) is 24.1 Å². The minimum absolute atomic E-state index is 0.00543. The van der Waals surface area contributed by atoms with Crippen molar-refractivity contribution in [2.45, 2.75) is 13.8 Å². The van der Waals surface area contributed by atoms with Gasteiger partial charge in [0.05, 0.1) is 16.8 Å². The first-order chi connectivity index (χ1) is 9.04. The Hall–Kier alpha value is -1.14. The van der Waals surface area contributed by atoms with Crippen LogP contribution in [0.2, 0.25) is 0 Å². The fraction of sp³-hybridized carbons (Fsp3) is 0.385. The van der Waals surface area contributed by atoms with E-state index in [1.54, 1.807) is 11.3 Å². The van der Waals surface area contributed by atoms with Crippen LogP contribution in [0.3, 0.4) is 0 Å². The highest BCUT2D eigenvalue weighted by atomic mass is 79.9. The Kier molecular flexibility index (Phi) is 4.76. The molecule has 2 aromatic rings. The summed E-state index contributed by atoms with van der Waals surface area (Å²) >= 11 is 4.98. The summed E-state index contributed by atoms with van der Waals surface area (Å²) in [4.78, 5) is 16.0. The number of carbonyl (C=O) groups is 1. The third kappa shape index (κ3) is 4.18. The maximum atomic E-state index is 11.6. The van der Waals surface area contributed by atoms with Gasteiger partial charge in [-0.25, -0.2) is 4.98 Å². The van der Waals surface area contributed by atoms with Crippen molar-refractivity contribution in [2.75, 3.05) is 18.4 Å². The van der Waals surface area contributed by atoms with Gasteiger partial charge in [0.25, 0.3) is 0 Å². The van der Waals surface area contributed by atoms with Gasteiger partial charge in [-0.15, -0.1) is 0 Å². The molecule has 1 aromatic carbocycles. The second-order valence-corrected chi connectivity index (χ2v) is 6.63. The monoisotopic (exact) mass is 341 g/mol. The SMILES string of the molecule is CC(C)CNC(=O)CNc1nc2ccc(Br)cc2s1. The molecule has 102 valence electrons. The molecule has 4 nitrogen and oxygen atoms in total. The summed E-state index contributed by atoms with van der Waals surface area (Å²) in [5.41, 5.74) is 0.943. The van der Waals surface area contributed by atoms with E-state index in [1.165, 1.54) is 0 Å². The number of fused-ring (bicyclic) bond motifs is 1. The van der Waals surface area contributed by atoms with Crippen LogP contribution in [0.4, 0.5) is 5.13 Å². The van der Waals surface area contributed by atoms with Gasteiger partial charge in [-0.1, -0.05) is 41.1 Å². The summed E-state index contributed by atoms with van der Waals surface area (Å²) in [7, 11) is 0. The van der Waals surface area contributed by atoms with Crippen molar-refractivity contribution in [1.29, 1.82) is 0 Å². The van der Waals surface area contributed by atoms with Crippen LogP contribution in [0.1, 0.15) is 13.8 Å². The first-order valence-corrected chi connectivity index (χ1v) is 7.72. The summed E-state index contributed by atoms with van der Waals surface area (Å²) in [6.45, 7) is 5.10. The minimum atomic E-state index is -0.00543. The van der Waals surface area contributed by atoms with Crippen LogP contribution in [0, 0.1) is 5.92 Å². The molecule has 6 heteroatoms. The molecule has 0 radical (unpaired) electrons. The summed E-state index contributed by atoms with van der Waals surface area (Å²) in [6.07, 6.45) is 0. The van der Waals surface area contributed by atoms with Crippen molar-refractivity contribution in [2.24, 2.45) is 5.92 Å². The molecule has 1 amide bonds. The molecule has 19 heavy (non-hydrogen) atoms. The van der Waals surface area contributed by atoms with Gasteiger partial charge in [0.2, 0.25) is 5.91 Å². The van der Waals surface area contributed by atoms with Crippen LogP contribution in [-0.2, 0) is 4.79 Å². The number of amides is 1. The Morgan fingerprint density at radius 1 is 1.47 bits per heavy atom. The first kappa shape index (κ1) is 14.3. The zero-order valence-corrected chi connectivity index (χ0v) is 13.3. The molecule has 0 saturated heterocycles. The largest absolute Gasteiger partial charge is 0.354 e. The number of hydrogen-bond acceptors (Lipinski definition) is 4. The zero-order chi connectivity index (χ0) is 13.8. The first-order valence-electron chi connectivity index (χ1n) is 6.11. The molecule has 2 N–H and O–H groups in total. The number of carbonyl (C=O) groups excluding carboxylic acids is 1. The molecule has 2 rings (SSSR count). The lowest BCUT2D eigenvalue weighted by Gasteiger charge is -2.07. The summed E-state index contributed by atoms with van der Waals surface area (Å²) in [5, 5.41) is 6.69. The summed E-state index contributed by atoms with van der Waals surface area (Å²) in [5.74, 6) is 0.456. The van der Waals surface area contributed by atoms with Crippen LogP contribution in [-0.4, -0.2) is 24.0 Å². The molecule has 0 saturated carbocycles. The van der Waals surface area contributed by atoms with Gasteiger partial charge in [0, 0.05) is 11.0 Å². The molecule has 0 aliphatic rings. The molecule has 0 aliphatic carbocycles. The Balaban J connectivity index is 1.92. The molecule has 1 aromatic heterocycles. The van der Waals surface area contributed by atoms with E-state index in [4.69, 9.17) is 0 Å². The molecule has 0 atom stereocenters. The second kappa shape index (κ2) is 6.34. The molecule has 0 unspecified atom stereocenters. The standard InChI is InChI=1S/C13H16BrN3OS/c1-8(2)6-15-12(18)7-16-13-17-10-4-3-9(14)5-11(10)19-13/h3-5,8H,6-7H2,1-2H3,(H,15,18)(H,16,17). The molecule has 0 fully saturated rings. The van der Waals surface area contributed by atoms with E-state index in [-0.39, 0.29) is 12.5 Å². The average molecular weight is 342 g/mol. The predicted octanol–water partition coefficient (Wildman–Crippen LogP) is 3.24.